The lowest BCUT2D eigenvalue weighted by Gasteiger charge is -2.08. The number of oxime groups is 1. The van der Waals surface area contributed by atoms with E-state index in [1.807, 2.05) is 0 Å². The lowest BCUT2D eigenvalue weighted by atomic mass is 10.2. The molecule has 0 aliphatic heterocycles. The van der Waals surface area contributed by atoms with Gasteiger partial charge in [-0.15, -0.1) is 13.2 Å². The topological polar surface area (TPSA) is 41.8 Å². The first-order chi connectivity index (χ1) is 6.51. The number of rotatable bonds is 2. The first kappa shape index (κ1) is 10.4. The molecule has 0 atom stereocenters. The van der Waals surface area contributed by atoms with Crippen LogP contribution in [0.5, 0.6) is 5.75 Å². The third-order valence-electron chi connectivity index (χ3n) is 1.30. The fraction of sp³-hybridized carbons (Fsp3) is 0.125. The molecule has 0 spiro atoms. The van der Waals surface area contributed by atoms with Crippen LogP contribution in [0.1, 0.15) is 5.56 Å². The molecule has 6 heteroatoms. The molecule has 1 N–H and O–H groups in total. The highest BCUT2D eigenvalue weighted by Gasteiger charge is 2.30. The second-order valence-electron chi connectivity index (χ2n) is 2.36. The smallest absolute Gasteiger partial charge is 0.411 e. The number of ether oxygens (including phenoxy) is 1. The summed E-state index contributed by atoms with van der Waals surface area (Å²) < 4.78 is 38.9. The highest BCUT2D eigenvalue weighted by Crippen LogP contribution is 2.22. The van der Waals surface area contributed by atoms with E-state index in [2.05, 4.69) is 9.89 Å². The Hall–Kier alpha value is -1.72. The number of hydrogen-bond acceptors (Lipinski definition) is 3. The van der Waals surface area contributed by atoms with Gasteiger partial charge in [-0.25, -0.2) is 0 Å². The van der Waals surface area contributed by atoms with Crippen molar-refractivity contribution in [2.75, 3.05) is 0 Å². The lowest BCUT2D eigenvalue weighted by Crippen LogP contribution is -2.17. The number of benzene rings is 1. The van der Waals surface area contributed by atoms with E-state index in [9.17, 15) is 13.2 Å². The first-order valence-corrected chi connectivity index (χ1v) is 3.54. The van der Waals surface area contributed by atoms with E-state index in [1.54, 1.807) is 0 Å². The van der Waals surface area contributed by atoms with Crippen LogP contribution in [0.2, 0.25) is 0 Å². The Morgan fingerprint density at radius 3 is 2.64 bits per heavy atom. The molecule has 14 heavy (non-hydrogen) atoms. The van der Waals surface area contributed by atoms with Gasteiger partial charge in [0.2, 0.25) is 0 Å². The van der Waals surface area contributed by atoms with Gasteiger partial charge in [0.1, 0.15) is 5.75 Å². The van der Waals surface area contributed by atoms with Crippen molar-refractivity contribution in [3.8, 4) is 5.75 Å². The zero-order valence-electron chi connectivity index (χ0n) is 6.82. The molecule has 0 unspecified atom stereocenters. The Kier molecular flexibility index (Phi) is 2.95. The summed E-state index contributed by atoms with van der Waals surface area (Å²) in [4.78, 5) is 0. The molecule has 0 fully saturated rings. The average molecular weight is 205 g/mol. The van der Waals surface area contributed by atoms with Gasteiger partial charge in [-0.1, -0.05) is 17.3 Å². The van der Waals surface area contributed by atoms with E-state index in [-0.39, 0.29) is 5.75 Å². The van der Waals surface area contributed by atoms with Crippen LogP contribution in [0.4, 0.5) is 13.2 Å². The molecule has 0 aliphatic rings. The van der Waals surface area contributed by atoms with Crippen molar-refractivity contribution in [3.05, 3.63) is 29.8 Å². The number of alkyl halides is 3. The zero-order valence-corrected chi connectivity index (χ0v) is 6.82. The van der Waals surface area contributed by atoms with Gasteiger partial charge >= 0.3 is 6.36 Å². The molecular formula is C8H6F3NO2. The normalized spacial score (nSPS) is 11.9. The van der Waals surface area contributed by atoms with Crippen molar-refractivity contribution < 1.29 is 23.1 Å². The van der Waals surface area contributed by atoms with Gasteiger partial charge in [-0.2, -0.15) is 0 Å². The van der Waals surface area contributed by atoms with Crippen molar-refractivity contribution in [3.63, 3.8) is 0 Å². The molecule has 1 aromatic rings. The predicted octanol–water partition coefficient (Wildman–Crippen LogP) is 2.39. The summed E-state index contributed by atoms with van der Waals surface area (Å²) in [6.07, 6.45) is -3.71. The zero-order chi connectivity index (χ0) is 10.6. The summed E-state index contributed by atoms with van der Waals surface area (Å²) >= 11 is 0. The summed E-state index contributed by atoms with van der Waals surface area (Å²) in [5.74, 6) is -0.352. The van der Waals surface area contributed by atoms with Crippen molar-refractivity contribution in [1.82, 2.24) is 0 Å². The largest absolute Gasteiger partial charge is 0.573 e. The molecule has 0 heterocycles. The second-order valence-corrected chi connectivity index (χ2v) is 2.36. The van der Waals surface area contributed by atoms with Crippen molar-refractivity contribution in [2.24, 2.45) is 5.16 Å². The van der Waals surface area contributed by atoms with Crippen LogP contribution < -0.4 is 4.74 Å². The van der Waals surface area contributed by atoms with Crippen molar-refractivity contribution in [2.45, 2.75) is 6.36 Å². The van der Waals surface area contributed by atoms with Crippen molar-refractivity contribution >= 4 is 6.21 Å². The van der Waals surface area contributed by atoms with Gasteiger partial charge in [0.25, 0.3) is 0 Å². The predicted molar refractivity (Wildman–Crippen MR) is 42.5 cm³/mol. The minimum atomic E-state index is -4.71. The maximum absolute atomic E-state index is 11.8. The van der Waals surface area contributed by atoms with Crippen LogP contribution in [-0.4, -0.2) is 17.8 Å². The quantitative estimate of drug-likeness (QED) is 0.457. The highest BCUT2D eigenvalue weighted by atomic mass is 19.4. The van der Waals surface area contributed by atoms with Gasteiger partial charge in [0.15, 0.2) is 0 Å². The van der Waals surface area contributed by atoms with Gasteiger partial charge in [0.05, 0.1) is 6.21 Å². The van der Waals surface area contributed by atoms with Crippen LogP contribution >= 0.6 is 0 Å². The fourth-order valence-electron chi connectivity index (χ4n) is 0.859. The summed E-state index contributed by atoms with van der Waals surface area (Å²) in [6, 6.07) is 5.09. The Labute approximate surface area is 77.4 Å². The maximum atomic E-state index is 11.8. The summed E-state index contributed by atoms with van der Waals surface area (Å²) in [6.45, 7) is 0. The Morgan fingerprint density at radius 1 is 1.36 bits per heavy atom. The molecule has 0 radical (unpaired) electrons. The Bertz CT molecular complexity index is 336. The number of nitrogens with zero attached hydrogens (tertiary/aromatic N) is 1. The molecule has 0 saturated heterocycles. The molecule has 0 bridgehead atoms. The first-order valence-electron chi connectivity index (χ1n) is 3.54. The highest BCUT2D eigenvalue weighted by molar-refractivity contribution is 5.79. The average Bonchev–Trinajstić information content (AvgIpc) is 2.02. The van der Waals surface area contributed by atoms with Crippen LogP contribution in [0.3, 0.4) is 0 Å². The lowest BCUT2D eigenvalue weighted by molar-refractivity contribution is -0.274. The Balaban J connectivity index is 2.84. The van der Waals surface area contributed by atoms with E-state index in [0.717, 1.165) is 18.3 Å². The minimum Gasteiger partial charge on any atom is -0.411 e. The number of hydrogen-bond donors (Lipinski definition) is 1. The van der Waals surface area contributed by atoms with E-state index in [0.29, 0.717) is 5.56 Å². The minimum absolute atomic E-state index is 0.314. The van der Waals surface area contributed by atoms with Gasteiger partial charge in [-0.05, 0) is 17.7 Å². The molecule has 1 aromatic carbocycles. The van der Waals surface area contributed by atoms with Gasteiger partial charge in [0, 0.05) is 0 Å². The molecule has 0 aromatic heterocycles. The molecule has 3 nitrogen and oxygen atoms in total. The van der Waals surface area contributed by atoms with Crippen molar-refractivity contribution in [1.29, 1.82) is 0 Å². The van der Waals surface area contributed by atoms with E-state index < -0.39 is 6.36 Å². The van der Waals surface area contributed by atoms with E-state index >= 15 is 0 Å². The molecule has 1 rings (SSSR count). The maximum Gasteiger partial charge on any atom is 0.573 e. The SMILES string of the molecule is O/N=C\c1cccc(OC(F)(F)F)c1. The second kappa shape index (κ2) is 3.99. The summed E-state index contributed by atoms with van der Waals surface area (Å²) in [5.41, 5.74) is 0.314. The number of halogens is 3. The van der Waals surface area contributed by atoms with Crippen LogP contribution in [0, 0.1) is 0 Å². The third kappa shape index (κ3) is 3.34. The summed E-state index contributed by atoms with van der Waals surface area (Å²) in [7, 11) is 0. The van der Waals surface area contributed by atoms with Gasteiger partial charge < -0.3 is 9.94 Å². The van der Waals surface area contributed by atoms with E-state index in [4.69, 9.17) is 5.21 Å². The third-order valence-corrected chi connectivity index (χ3v) is 1.30. The molecule has 76 valence electrons. The van der Waals surface area contributed by atoms with Crippen LogP contribution in [-0.2, 0) is 0 Å². The molecule has 0 aliphatic carbocycles. The van der Waals surface area contributed by atoms with Crippen LogP contribution in [0.25, 0.3) is 0 Å². The van der Waals surface area contributed by atoms with Crippen LogP contribution in [0.15, 0.2) is 29.4 Å². The van der Waals surface area contributed by atoms with Gasteiger partial charge in [-0.3, -0.25) is 0 Å². The molecule has 0 saturated carbocycles. The monoisotopic (exact) mass is 205 g/mol. The van der Waals surface area contributed by atoms with E-state index in [1.165, 1.54) is 12.1 Å². The standard InChI is InChI=1S/C8H6F3NO2/c9-8(10,11)14-7-3-1-2-6(4-7)5-12-13/h1-5,13H/b12-5-. The molecule has 0 amide bonds. The fourth-order valence-corrected chi connectivity index (χ4v) is 0.859. The summed E-state index contributed by atoms with van der Waals surface area (Å²) in [5, 5.41) is 10.8. The molecular weight excluding hydrogens is 199 g/mol. The Morgan fingerprint density at radius 2 is 2.07 bits per heavy atom.